The molecular formula is C19H22N4O2S. The van der Waals surface area contributed by atoms with Crippen molar-refractivity contribution in [3.05, 3.63) is 36.0 Å². The molecule has 0 bridgehead atoms. The van der Waals surface area contributed by atoms with Crippen LogP contribution in [0.2, 0.25) is 0 Å². The lowest BCUT2D eigenvalue weighted by atomic mass is 10.2. The van der Waals surface area contributed by atoms with Crippen molar-refractivity contribution in [2.24, 2.45) is 0 Å². The maximum absolute atomic E-state index is 5.41. The summed E-state index contributed by atoms with van der Waals surface area (Å²) in [6, 6.07) is 8.52. The van der Waals surface area contributed by atoms with Crippen molar-refractivity contribution in [2.75, 3.05) is 44.2 Å². The van der Waals surface area contributed by atoms with Crippen molar-refractivity contribution < 1.29 is 9.47 Å². The van der Waals surface area contributed by atoms with E-state index in [1.807, 2.05) is 6.07 Å². The van der Waals surface area contributed by atoms with Crippen LogP contribution in [0.25, 0.3) is 10.2 Å². The number of hydrogen-bond donors (Lipinski definition) is 0. The summed E-state index contributed by atoms with van der Waals surface area (Å²) >= 11 is 1.65. The first-order chi connectivity index (χ1) is 12.7. The maximum atomic E-state index is 5.41. The molecule has 0 N–H and O–H groups in total. The molecule has 3 heterocycles. The highest BCUT2D eigenvalue weighted by Gasteiger charge is 2.28. The van der Waals surface area contributed by atoms with Gasteiger partial charge in [0.05, 0.1) is 19.6 Å². The van der Waals surface area contributed by atoms with Crippen LogP contribution in [-0.2, 0) is 0 Å². The summed E-state index contributed by atoms with van der Waals surface area (Å²) in [4.78, 5) is 14.6. The predicted molar refractivity (Wildman–Crippen MR) is 106 cm³/mol. The van der Waals surface area contributed by atoms with Crippen LogP contribution in [0, 0.1) is 0 Å². The van der Waals surface area contributed by atoms with E-state index in [-0.39, 0.29) is 0 Å². The maximum Gasteiger partial charge on any atom is 0.140 e. The fourth-order valence-electron chi connectivity index (χ4n) is 3.50. The Balaban J connectivity index is 1.56. The first-order valence-corrected chi connectivity index (χ1v) is 9.46. The van der Waals surface area contributed by atoms with E-state index < -0.39 is 0 Å². The minimum Gasteiger partial charge on any atom is -0.497 e. The number of anilines is 2. The third kappa shape index (κ3) is 3.03. The molecule has 1 aromatic carbocycles. The zero-order valence-corrected chi connectivity index (χ0v) is 16.0. The Morgan fingerprint density at radius 2 is 1.92 bits per heavy atom. The molecule has 1 unspecified atom stereocenters. The second-order valence-corrected chi connectivity index (χ2v) is 7.30. The Hall–Kier alpha value is -2.54. The number of benzene rings is 1. The molecule has 1 fully saturated rings. The van der Waals surface area contributed by atoms with Gasteiger partial charge in [-0.15, -0.1) is 11.3 Å². The number of methoxy groups -OCH3 is 2. The fourth-order valence-corrected chi connectivity index (χ4v) is 4.23. The number of nitrogens with zero attached hydrogens (tertiary/aromatic N) is 4. The standard InChI is InChI=1S/C19H22N4O2S/c1-22(18-17-5-7-26-19(17)21-12-20-18)13-4-6-23(11-13)14-8-15(24-2)10-16(9-14)25-3/h5,7-10,12-13H,4,6,11H2,1-3H3. The summed E-state index contributed by atoms with van der Waals surface area (Å²) in [5.41, 5.74) is 1.13. The lowest BCUT2D eigenvalue weighted by Gasteiger charge is -2.27. The van der Waals surface area contributed by atoms with E-state index in [4.69, 9.17) is 9.47 Å². The Kier molecular flexibility index (Phi) is 4.55. The molecule has 0 saturated carbocycles. The SMILES string of the molecule is COc1cc(OC)cc(N2CCC(N(C)c3ncnc4sccc34)C2)c1. The summed E-state index contributed by atoms with van der Waals surface area (Å²) in [6.07, 6.45) is 2.73. The van der Waals surface area contributed by atoms with Gasteiger partial charge in [-0.3, -0.25) is 0 Å². The molecule has 0 aliphatic carbocycles. The Morgan fingerprint density at radius 1 is 1.15 bits per heavy atom. The molecule has 4 rings (SSSR count). The quantitative estimate of drug-likeness (QED) is 0.686. The van der Waals surface area contributed by atoms with Crippen molar-refractivity contribution in [3.63, 3.8) is 0 Å². The van der Waals surface area contributed by atoms with Crippen molar-refractivity contribution in [3.8, 4) is 11.5 Å². The Bertz CT molecular complexity index is 891. The number of ether oxygens (including phenoxy) is 2. The average Bonchev–Trinajstić information content (AvgIpc) is 3.36. The second kappa shape index (κ2) is 6.99. The van der Waals surface area contributed by atoms with Gasteiger partial charge in [-0.25, -0.2) is 9.97 Å². The zero-order chi connectivity index (χ0) is 18.1. The number of likely N-dealkylation sites (N-methyl/N-ethyl adjacent to an activating group) is 1. The lowest BCUT2D eigenvalue weighted by molar-refractivity contribution is 0.394. The van der Waals surface area contributed by atoms with Crippen LogP contribution < -0.4 is 19.3 Å². The van der Waals surface area contributed by atoms with Crippen LogP contribution >= 0.6 is 11.3 Å². The lowest BCUT2D eigenvalue weighted by Crippen LogP contribution is -2.35. The highest BCUT2D eigenvalue weighted by Crippen LogP contribution is 2.33. The molecule has 1 atom stereocenters. The van der Waals surface area contributed by atoms with Gasteiger partial charge in [-0.1, -0.05) is 0 Å². The average molecular weight is 370 g/mol. The molecule has 0 radical (unpaired) electrons. The van der Waals surface area contributed by atoms with E-state index in [0.29, 0.717) is 6.04 Å². The van der Waals surface area contributed by atoms with Crippen LogP contribution in [-0.4, -0.2) is 50.4 Å². The van der Waals surface area contributed by atoms with Crippen LogP contribution in [0.5, 0.6) is 11.5 Å². The van der Waals surface area contributed by atoms with E-state index in [2.05, 4.69) is 50.4 Å². The number of rotatable bonds is 5. The number of fused-ring (bicyclic) bond motifs is 1. The first kappa shape index (κ1) is 16.9. The minimum absolute atomic E-state index is 0.394. The van der Waals surface area contributed by atoms with Gasteiger partial charge in [0, 0.05) is 50.1 Å². The third-order valence-corrected chi connectivity index (χ3v) is 5.81. The highest BCUT2D eigenvalue weighted by atomic mass is 32.1. The molecule has 136 valence electrons. The van der Waals surface area contributed by atoms with E-state index in [1.165, 1.54) is 0 Å². The summed E-state index contributed by atoms with van der Waals surface area (Å²) in [7, 11) is 5.49. The van der Waals surface area contributed by atoms with Crippen molar-refractivity contribution in [1.29, 1.82) is 0 Å². The van der Waals surface area contributed by atoms with Gasteiger partial charge in [-0.05, 0) is 17.9 Å². The van der Waals surface area contributed by atoms with Crippen molar-refractivity contribution >= 4 is 33.1 Å². The smallest absolute Gasteiger partial charge is 0.140 e. The summed E-state index contributed by atoms with van der Waals surface area (Å²) in [6.45, 7) is 1.92. The minimum atomic E-state index is 0.394. The zero-order valence-electron chi connectivity index (χ0n) is 15.2. The number of thiophene rings is 1. The molecule has 26 heavy (non-hydrogen) atoms. The normalized spacial score (nSPS) is 16.9. The van der Waals surface area contributed by atoms with Crippen LogP contribution in [0.4, 0.5) is 11.5 Å². The van der Waals surface area contributed by atoms with Gasteiger partial charge >= 0.3 is 0 Å². The summed E-state index contributed by atoms with van der Waals surface area (Å²) in [5, 5.41) is 3.20. The second-order valence-electron chi connectivity index (χ2n) is 6.41. The van der Waals surface area contributed by atoms with Gasteiger partial charge in [0.2, 0.25) is 0 Å². The highest BCUT2D eigenvalue weighted by molar-refractivity contribution is 7.16. The molecule has 2 aromatic heterocycles. The summed E-state index contributed by atoms with van der Waals surface area (Å²) < 4.78 is 10.8. The molecule has 0 amide bonds. The molecule has 0 spiro atoms. The topological polar surface area (TPSA) is 50.7 Å². The fraction of sp³-hybridized carbons (Fsp3) is 0.368. The van der Waals surface area contributed by atoms with Gasteiger partial charge < -0.3 is 19.3 Å². The molecule has 3 aromatic rings. The van der Waals surface area contributed by atoms with Crippen LogP contribution in [0.1, 0.15) is 6.42 Å². The third-order valence-electron chi connectivity index (χ3n) is 4.99. The van der Waals surface area contributed by atoms with E-state index in [0.717, 1.165) is 52.7 Å². The summed E-state index contributed by atoms with van der Waals surface area (Å²) in [5.74, 6) is 2.63. The van der Waals surface area contributed by atoms with Crippen LogP contribution in [0.3, 0.4) is 0 Å². The Morgan fingerprint density at radius 3 is 2.65 bits per heavy atom. The molecule has 6 nitrogen and oxygen atoms in total. The van der Waals surface area contributed by atoms with Gasteiger partial charge in [0.15, 0.2) is 0 Å². The van der Waals surface area contributed by atoms with Gasteiger partial charge in [-0.2, -0.15) is 0 Å². The monoisotopic (exact) mass is 370 g/mol. The predicted octanol–water partition coefficient (Wildman–Crippen LogP) is 3.42. The van der Waals surface area contributed by atoms with Gasteiger partial charge in [0.1, 0.15) is 28.5 Å². The molecule has 7 heteroatoms. The van der Waals surface area contributed by atoms with E-state index >= 15 is 0 Å². The molecule has 1 aliphatic rings. The molecule has 1 aliphatic heterocycles. The van der Waals surface area contributed by atoms with Crippen LogP contribution in [0.15, 0.2) is 36.0 Å². The van der Waals surface area contributed by atoms with Gasteiger partial charge in [0.25, 0.3) is 0 Å². The van der Waals surface area contributed by atoms with E-state index in [9.17, 15) is 0 Å². The first-order valence-electron chi connectivity index (χ1n) is 8.58. The Labute approximate surface area is 157 Å². The van der Waals surface area contributed by atoms with Crippen molar-refractivity contribution in [1.82, 2.24) is 9.97 Å². The number of aromatic nitrogens is 2. The van der Waals surface area contributed by atoms with Crippen molar-refractivity contribution in [2.45, 2.75) is 12.5 Å². The molecular weight excluding hydrogens is 348 g/mol. The van der Waals surface area contributed by atoms with E-state index in [1.54, 1.807) is 31.9 Å². The molecule has 1 saturated heterocycles. The largest absolute Gasteiger partial charge is 0.497 e. The number of hydrogen-bond acceptors (Lipinski definition) is 7.